The smallest absolute Gasteiger partial charge is 0.272 e. The van der Waals surface area contributed by atoms with E-state index in [0.29, 0.717) is 12.1 Å². The first-order chi connectivity index (χ1) is 9.07. The van der Waals surface area contributed by atoms with Crippen LogP contribution in [0.25, 0.3) is 0 Å². The molecule has 1 saturated heterocycles. The second-order valence-electron chi connectivity index (χ2n) is 6.38. The summed E-state index contributed by atoms with van der Waals surface area (Å²) < 4.78 is 24.7. The maximum Gasteiger partial charge on any atom is 0.272 e. The van der Waals surface area contributed by atoms with Crippen LogP contribution in [0.2, 0.25) is 0 Å². The number of sulfone groups is 1. The van der Waals surface area contributed by atoms with E-state index in [4.69, 9.17) is 0 Å². The molecule has 1 fully saturated rings. The number of rotatable bonds is 2. The van der Waals surface area contributed by atoms with Gasteiger partial charge in [-0.05, 0) is 40.2 Å². The fraction of sp³-hybridized carbons (Fsp3) is 0.692. The van der Waals surface area contributed by atoms with Crippen molar-refractivity contribution >= 4 is 15.7 Å². The molecule has 6 nitrogen and oxygen atoms in total. The third kappa shape index (κ3) is 3.39. The summed E-state index contributed by atoms with van der Waals surface area (Å²) in [6.07, 6.45) is 0.561. The summed E-state index contributed by atoms with van der Waals surface area (Å²) in [5.74, 6) is 0.0660. The van der Waals surface area contributed by atoms with Gasteiger partial charge in [0.2, 0.25) is 0 Å². The fourth-order valence-corrected chi connectivity index (χ4v) is 4.03. The van der Waals surface area contributed by atoms with Crippen molar-refractivity contribution < 1.29 is 13.2 Å². The molecule has 20 heavy (non-hydrogen) atoms. The molecule has 0 spiro atoms. The average Bonchev–Trinajstić information content (AvgIpc) is 2.79. The number of amides is 1. The first-order valence-corrected chi connectivity index (χ1v) is 8.49. The van der Waals surface area contributed by atoms with Crippen LogP contribution in [0.4, 0.5) is 0 Å². The molecule has 1 aliphatic rings. The number of aryl methyl sites for hydroxylation is 1. The summed E-state index contributed by atoms with van der Waals surface area (Å²) in [7, 11) is -2.96. The van der Waals surface area contributed by atoms with E-state index in [0.717, 1.165) is 5.69 Å². The SMILES string of the molecule is Cc1cc(C(=O)NC(C)(C)C)nn1C1CCS(=O)(=O)C1. The van der Waals surface area contributed by atoms with E-state index < -0.39 is 9.84 Å². The van der Waals surface area contributed by atoms with E-state index in [9.17, 15) is 13.2 Å². The number of nitrogens with one attached hydrogen (secondary N) is 1. The molecule has 1 atom stereocenters. The van der Waals surface area contributed by atoms with Crippen molar-refractivity contribution in [3.05, 3.63) is 17.5 Å². The van der Waals surface area contributed by atoms with Gasteiger partial charge in [-0.1, -0.05) is 0 Å². The number of nitrogens with zero attached hydrogens (tertiary/aromatic N) is 2. The lowest BCUT2D eigenvalue weighted by molar-refractivity contribution is 0.0913. The molecular formula is C13H21N3O3S. The predicted octanol–water partition coefficient (Wildman–Crippen LogP) is 1.08. The van der Waals surface area contributed by atoms with Gasteiger partial charge < -0.3 is 5.32 Å². The second-order valence-corrected chi connectivity index (χ2v) is 8.61. The van der Waals surface area contributed by atoms with Gasteiger partial charge in [0.15, 0.2) is 9.84 Å². The maximum absolute atomic E-state index is 12.1. The molecule has 1 aromatic rings. The standard InChI is InChI=1S/C13H21N3O3S/c1-9-7-11(12(17)14-13(2,3)4)15-16(9)10-5-6-20(18,19)8-10/h7,10H,5-6,8H2,1-4H3,(H,14,17). The first kappa shape index (κ1) is 15.0. The van der Waals surface area contributed by atoms with Crippen LogP contribution in [0.1, 0.15) is 49.4 Å². The van der Waals surface area contributed by atoms with Crippen LogP contribution in [0.3, 0.4) is 0 Å². The molecule has 0 bridgehead atoms. The van der Waals surface area contributed by atoms with Gasteiger partial charge in [-0.25, -0.2) is 8.42 Å². The monoisotopic (exact) mass is 299 g/mol. The summed E-state index contributed by atoms with van der Waals surface area (Å²) in [5.41, 5.74) is 0.818. The van der Waals surface area contributed by atoms with E-state index in [-0.39, 0.29) is 29.0 Å². The van der Waals surface area contributed by atoms with Crippen LogP contribution < -0.4 is 5.32 Å². The third-order valence-corrected chi connectivity index (χ3v) is 4.95. The van der Waals surface area contributed by atoms with Crippen LogP contribution in [0.5, 0.6) is 0 Å². The largest absolute Gasteiger partial charge is 0.346 e. The maximum atomic E-state index is 12.1. The number of hydrogen-bond donors (Lipinski definition) is 1. The zero-order chi connectivity index (χ0) is 15.1. The molecule has 0 radical (unpaired) electrons. The zero-order valence-electron chi connectivity index (χ0n) is 12.3. The van der Waals surface area contributed by atoms with Crippen molar-refractivity contribution in [1.82, 2.24) is 15.1 Å². The predicted molar refractivity (Wildman–Crippen MR) is 76.5 cm³/mol. The van der Waals surface area contributed by atoms with E-state index in [1.165, 1.54) is 0 Å². The van der Waals surface area contributed by atoms with E-state index in [1.54, 1.807) is 10.7 Å². The van der Waals surface area contributed by atoms with Gasteiger partial charge in [0, 0.05) is 11.2 Å². The van der Waals surface area contributed by atoms with Gasteiger partial charge in [0.1, 0.15) is 5.69 Å². The second kappa shape index (κ2) is 4.87. The topological polar surface area (TPSA) is 81.1 Å². The number of carbonyl (C=O) groups is 1. The van der Waals surface area contributed by atoms with Crippen LogP contribution in [0, 0.1) is 6.92 Å². The summed E-state index contributed by atoms with van der Waals surface area (Å²) in [6.45, 7) is 7.54. The third-order valence-electron chi connectivity index (χ3n) is 3.20. The highest BCUT2D eigenvalue weighted by atomic mass is 32.2. The lowest BCUT2D eigenvalue weighted by Crippen LogP contribution is -2.40. The zero-order valence-corrected chi connectivity index (χ0v) is 13.1. The fourth-order valence-electron chi connectivity index (χ4n) is 2.34. The molecule has 1 aromatic heterocycles. The molecule has 2 heterocycles. The molecule has 7 heteroatoms. The summed E-state index contributed by atoms with van der Waals surface area (Å²) in [6, 6.07) is 1.54. The lowest BCUT2D eigenvalue weighted by Gasteiger charge is -2.19. The van der Waals surface area contributed by atoms with Crippen LogP contribution in [-0.2, 0) is 9.84 Å². The van der Waals surface area contributed by atoms with E-state index >= 15 is 0 Å². The molecule has 0 saturated carbocycles. The van der Waals surface area contributed by atoms with E-state index in [1.807, 2.05) is 27.7 Å². The molecular weight excluding hydrogens is 278 g/mol. The highest BCUT2D eigenvalue weighted by Gasteiger charge is 2.31. The van der Waals surface area contributed by atoms with Crippen molar-refractivity contribution in [3.8, 4) is 0 Å². The van der Waals surface area contributed by atoms with Gasteiger partial charge in [-0.15, -0.1) is 0 Å². The van der Waals surface area contributed by atoms with Gasteiger partial charge in [0.25, 0.3) is 5.91 Å². The van der Waals surface area contributed by atoms with Gasteiger partial charge >= 0.3 is 0 Å². The Balaban J connectivity index is 2.20. The number of carbonyl (C=O) groups excluding carboxylic acids is 1. The summed E-state index contributed by atoms with van der Waals surface area (Å²) in [5, 5.41) is 7.13. The lowest BCUT2D eigenvalue weighted by atomic mass is 10.1. The number of hydrogen-bond acceptors (Lipinski definition) is 4. The molecule has 1 aliphatic heterocycles. The molecule has 2 rings (SSSR count). The highest BCUT2D eigenvalue weighted by molar-refractivity contribution is 7.91. The minimum atomic E-state index is -2.96. The van der Waals surface area contributed by atoms with Crippen molar-refractivity contribution in [3.63, 3.8) is 0 Å². The van der Waals surface area contributed by atoms with Crippen molar-refractivity contribution in [1.29, 1.82) is 0 Å². The first-order valence-electron chi connectivity index (χ1n) is 6.66. The molecule has 1 N–H and O–H groups in total. The highest BCUT2D eigenvalue weighted by Crippen LogP contribution is 2.24. The van der Waals surface area contributed by atoms with Crippen molar-refractivity contribution in [2.75, 3.05) is 11.5 Å². The average molecular weight is 299 g/mol. The summed E-state index contributed by atoms with van der Waals surface area (Å²) in [4.78, 5) is 12.1. The van der Waals surface area contributed by atoms with Crippen LogP contribution >= 0.6 is 0 Å². The van der Waals surface area contributed by atoms with E-state index in [2.05, 4.69) is 10.4 Å². The van der Waals surface area contributed by atoms with Crippen LogP contribution in [0.15, 0.2) is 6.07 Å². The minimum Gasteiger partial charge on any atom is -0.346 e. The Labute approximate surface area is 119 Å². The Morgan fingerprint density at radius 1 is 1.45 bits per heavy atom. The van der Waals surface area contributed by atoms with Crippen LogP contribution in [-0.4, -0.2) is 41.2 Å². The van der Waals surface area contributed by atoms with Gasteiger partial charge in [-0.2, -0.15) is 5.10 Å². The molecule has 0 aromatic carbocycles. The Bertz CT molecular complexity index is 626. The molecule has 112 valence electrons. The van der Waals surface area contributed by atoms with Gasteiger partial charge in [0.05, 0.1) is 17.5 Å². The Morgan fingerprint density at radius 3 is 2.60 bits per heavy atom. The number of aromatic nitrogens is 2. The molecule has 1 amide bonds. The summed E-state index contributed by atoms with van der Waals surface area (Å²) >= 11 is 0. The molecule has 0 aliphatic carbocycles. The Kier molecular flexibility index (Phi) is 3.66. The Hall–Kier alpha value is -1.37. The van der Waals surface area contributed by atoms with Crippen molar-refractivity contribution in [2.45, 2.75) is 45.7 Å². The Morgan fingerprint density at radius 2 is 2.10 bits per heavy atom. The minimum absolute atomic E-state index is 0.107. The molecule has 1 unspecified atom stereocenters. The van der Waals surface area contributed by atoms with Crippen molar-refractivity contribution in [2.24, 2.45) is 0 Å². The quantitative estimate of drug-likeness (QED) is 0.886. The van der Waals surface area contributed by atoms with Gasteiger partial charge in [-0.3, -0.25) is 9.48 Å². The normalized spacial score (nSPS) is 21.9.